The summed E-state index contributed by atoms with van der Waals surface area (Å²) >= 11 is 5.93. The van der Waals surface area contributed by atoms with Gasteiger partial charge in [-0.2, -0.15) is 0 Å². The summed E-state index contributed by atoms with van der Waals surface area (Å²) in [6.45, 7) is 2.67. The van der Waals surface area contributed by atoms with E-state index in [1.807, 2.05) is 31.2 Å². The van der Waals surface area contributed by atoms with Gasteiger partial charge in [-0.05, 0) is 43.5 Å². The first-order chi connectivity index (χ1) is 8.46. The molecular formula is C14H18ClF2N. The van der Waals surface area contributed by atoms with Crippen LogP contribution in [0.4, 0.5) is 8.78 Å². The van der Waals surface area contributed by atoms with Gasteiger partial charge in [-0.15, -0.1) is 0 Å². The molecule has 1 aliphatic carbocycles. The Morgan fingerprint density at radius 2 is 2.28 bits per heavy atom. The van der Waals surface area contributed by atoms with Crippen LogP contribution >= 0.6 is 11.6 Å². The van der Waals surface area contributed by atoms with Crippen molar-refractivity contribution in [3.63, 3.8) is 0 Å². The highest BCUT2D eigenvalue weighted by Gasteiger charge is 2.39. The molecule has 0 bridgehead atoms. The Balaban J connectivity index is 1.84. The van der Waals surface area contributed by atoms with Crippen LogP contribution in [0.25, 0.3) is 0 Å². The maximum atomic E-state index is 13.0. The molecule has 1 unspecified atom stereocenters. The van der Waals surface area contributed by atoms with Crippen LogP contribution in [-0.4, -0.2) is 12.5 Å². The summed E-state index contributed by atoms with van der Waals surface area (Å²) in [4.78, 5) is 0. The zero-order valence-electron chi connectivity index (χ0n) is 10.4. The number of alkyl halides is 2. The molecule has 0 amide bonds. The molecule has 1 aliphatic rings. The molecule has 4 heteroatoms. The van der Waals surface area contributed by atoms with Gasteiger partial charge in [0.1, 0.15) is 0 Å². The number of benzene rings is 1. The molecule has 1 aromatic carbocycles. The lowest BCUT2D eigenvalue weighted by atomic mass is 10.1. The van der Waals surface area contributed by atoms with E-state index in [0.717, 1.165) is 5.56 Å². The van der Waals surface area contributed by atoms with E-state index < -0.39 is 5.92 Å². The fourth-order valence-corrected chi connectivity index (χ4v) is 2.65. The monoisotopic (exact) mass is 273 g/mol. The molecule has 100 valence electrons. The largest absolute Gasteiger partial charge is 0.310 e. The number of nitrogens with one attached hydrogen (secondary N) is 1. The number of hydrogen-bond acceptors (Lipinski definition) is 1. The second-order valence-electron chi connectivity index (χ2n) is 5.15. The molecule has 0 saturated heterocycles. The molecule has 1 nitrogen and oxygen atoms in total. The fraction of sp³-hybridized carbons (Fsp3) is 0.571. The first kappa shape index (κ1) is 13.8. The van der Waals surface area contributed by atoms with Gasteiger partial charge in [0.25, 0.3) is 0 Å². The number of halogens is 3. The lowest BCUT2D eigenvalue weighted by molar-refractivity contribution is 0.00500. The van der Waals surface area contributed by atoms with Crippen molar-refractivity contribution in [3.8, 4) is 0 Å². The van der Waals surface area contributed by atoms with Crippen LogP contribution in [0, 0.1) is 5.92 Å². The van der Waals surface area contributed by atoms with E-state index in [9.17, 15) is 8.78 Å². The van der Waals surface area contributed by atoms with Crippen LogP contribution in [0.15, 0.2) is 24.3 Å². The SMILES string of the molecule is C[C@H](NCC1CCC(F)(F)C1)c1cccc(Cl)c1. The quantitative estimate of drug-likeness (QED) is 0.856. The third kappa shape index (κ3) is 3.66. The second kappa shape index (κ2) is 5.54. The minimum absolute atomic E-state index is 0.0161. The Kier molecular flexibility index (Phi) is 4.23. The zero-order chi connectivity index (χ0) is 13.2. The summed E-state index contributed by atoms with van der Waals surface area (Å²) in [7, 11) is 0. The minimum Gasteiger partial charge on any atom is -0.310 e. The molecule has 1 fully saturated rings. The van der Waals surface area contributed by atoms with Crippen molar-refractivity contribution >= 4 is 11.6 Å². The summed E-state index contributed by atoms with van der Waals surface area (Å²) in [6, 6.07) is 7.77. The topological polar surface area (TPSA) is 12.0 Å². The van der Waals surface area contributed by atoms with Gasteiger partial charge in [-0.25, -0.2) is 8.78 Å². The van der Waals surface area contributed by atoms with Crippen molar-refractivity contribution in [2.75, 3.05) is 6.54 Å². The van der Waals surface area contributed by atoms with Crippen LogP contribution in [0.3, 0.4) is 0 Å². The molecule has 1 N–H and O–H groups in total. The normalized spacial score (nSPS) is 24.1. The van der Waals surface area contributed by atoms with Crippen molar-refractivity contribution in [1.82, 2.24) is 5.32 Å². The maximum absolute atomic E-state index is 13.0. The van der Waals surface area contributed by atoms with Gasteiger partial charge >= 0.3 is 0 Å². The van der Waals surface area contributed by atoms with Crippen LogP contribution < -0.4 is 5.32 Å². The average molecular weight is 274 g/mol. The minimum atomic E-state index is -2.45. The highest BCUT2D eigenvalue weighted by molar-refractivity contribution is 6.30. The molecule has 2 rings (SSSR count). The standard InChI is InChI=1S/C14H18ClF2N/c1-10(12-3-2-4-13(15)7-12)18-9-11-5-6-14(16,17)8-11/h2-4,7,10-11,18H,5-6,8-9H2,1H3/t10-,11?/m0/s1. The van der Waals surface area contributed by atoms with Crippen LogP contribution in [0.5, 0.6) is 0 Å². The van der Waals surface area contributed by atoms with E-state index in [0.29, 0.717) is 18.0 Å². The summed E-state index contributed by atoms with van der Waals surface area (Å²) in [5.74, 6) is -2.37. The summed E-state index contributed by atoms with van der Waals surface area (Å²) in [5, 5.41) is 4.02. The van der Waals surface area contributed by atoms with E-state index in [-0.39, 0.29) is 24.8 Å². The van der Waals surface area contributed by atoms with E-state index in [1.54, 1.807) is 0 Å². The molecule has 0 aliphatic heterocycles. The van der Waals surface area contributed by atoms with E-state index >= 15 is 0 Å². The molecule has 1 aromatic rings. The smallest absolute Gasteiger partial charge is 0.248 e. The Bertz CT molecular complexity index is 409. The van der Waals surface area contributed by atoms with E-state index in [2.05, 4.69) is 5.32 Å². The summed E-state index contributed by atoms with van der Waals surface area (Å²) < 4.78 is 26.1. The third-order valence-corrected chi connectivity index (χ3v) is 3.80. The van der Waals surface area contributed by atoms with Gasteiger partial charge in [0, 0.05) is 23.9 Å². The van der Waals surface area contributed by atoms with Gasteiger partial charge in [0.05, 0.1) is 0 Å². The highest BCUT2D eigenvalue weighted by Crippen LogP contribution is 2.38. The Labute approximate surface area is 112 Å². The summed E-state index contributed by atoms with van der Waals surface area (Å²) in [6.07, 6.45) is 0.662. The van der Waals surface area contributed by atoms with Crippen molar-refractivity contribution < 1.29 is 8.78 Å². The number of hydrogen-bond donors (Lipinski definition) is 1. The molecule has 0 aromatic heterocycles. The lowest BCUT2D eigenvalue weighted by Gasteiger charge is -2.18. The van der Waals surface area contributed by atoms with Gasteiger partial charge < -0.3 is 5.32 Å². The second-order valence-corrected chi connectivity index (χ2v) is 5.59. The fourth-order valence-electron chi connectivity index (χ4n) is 2.45. The summed E-state index contributed by atoms with van der Waals surface area (Å²) in [5.41, 5.74) is 1.09. The molecule has 0 spiro atoms. The van der Waals surface area contributed by atoms with Gasteiger partial charge in [0.15, 0.2) is 0 Å². The molecule has 0 radical (unpaired) electrons. The lowest BCUT2D eigenvalue weighted by Crippen LogP contribution is -2.25. The van der Waals surface area contributed by atoms with Crippen LogP contribution in [0.1, 0.15) is 37.8 Å². The van der Waals surface area contributed by atoms with Gasteiger partial charge in [-0.1, -0.05) is 23.7 Å². The van der Waals surface area contributed by atoms with Gasteiger partial charge in [-0.3, -0.25) is 0 Å². The zero-order valence-corrected chi connectivity index (χ0v) is 11.2. The molecular weight excluding hydrogens is 256 g/mol. The highest BCUT2D eigenvalue weighted by atomic mass is 35.5. The van der Waals surface area contributed by atoms with Crippen molar-refractivity contribution in [1.29, 1.82) is 0 Å². The Morgan fingerprint density at radius 1 is 1.50 bits per heavy atom. The molecule has 18 heavy (non-hydrogen) atoms. The Hall–Kier alpha value is -0.670. The third-order valence-electron chi connectivity index (χ3n) is 3.57. The number of rotatable bonds is 4. The molecule has 2 atom stereocenters. The maximum Gasteiger partial charge on any atom is 0.248 e. The molecule has 0 heterocycles. The predicted molar refractivity (Wildman–Crippen MR) is 70.2 cm³/mol. The first-order valence-electron chi connectivity index (χ1n) is 6.33. The molecule has 1 saturated carbocycles. The van der Waals surface area contributed by atoms with Gasteiger partial charge in [0.2, 0.25) is 5.92 Å². The van der Waals surface area contributed by atoms with Crippen LogP contribution in [0.2, 0.25) is 5.02 Å². The van der Waals surface area contributed by atoms with Crippen molar-refractivity contribution in [3.05, 3.63) is 34.9 Å². The van der Waals surface area contributed by atoms with Crippen LogP contribution in [-0.2, 0) is 0 Å². The van der Waals surface area contributed by atoms with Crippen molar-refractivity contribution in [2.24, 2.45) is 5.92 Å². The first-order valence-corrected chi connectivity index (χ1v) is 6.71. The Morgan fingerprint density at radius 3 is 2.89 bits per heavy atom. The van der Waals surface area contributed by atoms with Crippen molar-refractivity contribution in [2.45, 2.75) is 38.2 Å². The average Bonchev–Trinajstić information content (AvgIpc) is 2.66. The van der Waals surface area contributed by atoms with E-state index in [1.165, 1.54) is 0 Å². The van der Waals surface area contributed by atoms with E-state index in [4.69, 9.17) is 11.6 Å². The predicted octanol–water partition coefficient (Wildman–Crippen LogP) is 4.43.